The van der Waals surface area contributed by atoms with Gasteiger partial charge in [-0.05, 0) is 5.92 Å². The van der Waals surface area contributed by atoms with Crippen LogP contribution in [0, 0.1) is 5.92 Å². The molecule has 0 fully saturated rings. The summed E-state index contributed by atoms with van der Waals surface area (Å²) >= 11 is 0. The minimum absolute atomic E-state index is 0.245. The fourth-order valence-electron chi connectivity index (χ4n) is 0.656. The van der Waals surface area contributed by atoms with Crippen molar-refractivity contribution >= 4 is 12.4 Å². The van der Waals surface area contributed by atoms with Gasteiger partial charge in [-0.15, -0.1) is 0 Å². The van der Waals surface area contributed by atoms with Crippen LogP contribution >= 0.6 is 0 Å². The Morgan fingerprint density at radius 3 is 2.67 bits per heavy atom. The van der Waals surface area contributed by atoms with Crippen LogP contribution in [0.25, 0.3) is 0 Å². The van der Waals surface area contributed by atoms with Crippen LogP contribution < -0.4 is 5.84 Å². The summed E-state index contributed by atoms with van der Waals surface area (Å²) in [5.74, 6) is 5.58. The number of nitrogens with zero attached hydrogens (tertiary/aromatic N) is 1. The van der Waals surface area contributed by atoms with E-state index in [1.165, 1.54) is 0 Å². The monoisotopic (exact) mass is 174 g/mol. The number of carbonyl (C=O) groups is 2. The molecule has 0 aliphatic rings. The number of carbonyl (C=O) groups excluding carboxylic acids is 2. The number of ether oxygens (including phenoxy) is 1. The van der Waals surface area contributed by atoms with Crippen molar-refractivity contribution in [2.24, 2.45) is 11.8 Å². The van der Waals surface area contributed by atoms with E-state index in [0.29, 0.717) is 12.8 Å². The van der Waals surface area contributed by atoms with E-state index in [0.717, 1.165) is 5.01 Å². The van der Waals surface area contributed by atoms with Crippen LogP contribution in [-0.2, 0) is 9.53 Å². The van der Waals surface area contributed by atoms with Gasteiger partial charge in [0.05, 0.1) is 0 Å². The van der Waals surface area contributed by atoms with Crippen LogP contribution in [0.1, 0.15) is 13.8 Å². The van der Waals surface area contributed by atoms with Gasteiger partial charge in [0.1, 0.15) is 6.61 Å². The Kier molecular flexibility index (Phi) is 5.03. The molecule has 0 unspecified atom stereocenters. The third-order valence-electron chi connectivity index (χ3n) is 1.07. The predicted octanol–water partition coefficient (Wildman–Crippen LogP) is 0.154. The van der Waals surface area contributed by atoms with E-state index in [9.17, 15) is 9.59 Å². The molecular weight excluding hydrogens is 160 g/mol. The average Bonchev–Trinajstić information content (AvgIpc) is 1.98. The number of rotatable bonds is 4. The second-order valence-corrected chi connectivity index (χ2v) is 2.79. The molecule has 0 aliphatic heterocycles. The molecule has 5 heteroatoms. The van der Waals surface area contributed by atoms with Crippen LogP contribution in [0.4, 0.5) is 4.79 Å². The first-order valence-corrected chi connectivity index (χ1v) is 3.70. The van der Waals surface area contributed by atoms with Crippen molar-refractivity contribution in [1.29, 1.82) is 0 Å². The zero-order valence-electron chi connectivity index (χ0n) is 7.32. The molecule has 0 saturated heterocycles. The number of nitrogens with two attached hydrogens (primary N) is 1. The summed E-state index contributed by atoms with van der Waals surface area (Å²) in [6.45, 7) is 4.02. The Hall–Kier alpha value is -1.10. The molecule has 0 rings (SSSR count). The van der Waals surface area contributed by atoms with E-state index in [1.54, 1.807) is 0 Å². The van der Waals surface area contributed by atoms with E-state index in [2.05, 4.69) is 4.74 Å². The molecule has 0 bridgehead atoms. The average molecular weight is 174 g/mol. The molecular formula is C7H14N2O3. The molecule has 2 N–H and O–H groups in total. The summed E-state index contributed by atoms with van der Waals surface area (Å²) in [5, 5.41) is 0.953. The van der Waals surface area contributed by atoms with Gasteiger partial charge in [0, 0.05) is 6.54 Å². The Bertz CT molecular complexity index is 159. The van der Waals surface area contributed by atoms with E-state index in [-0.39, 0.29) is 12.5 Å². The highest BCUT2D eigenvalue weighted by Gasteiger charge is 2.11. The normalized spacial score (nSPS) is 9.67. The zero-order valence-corrected chi connectivity index (χ0v) is 7.32. The van der Waals surface area contributed by atoms with Crippen molar-refractivity contribution < 1.29 is 14.3 Å². The van der Waals surface area contributed by atoms with Crippen molar-refractivity contribution in [2.45, 2.75) is 13.8 Å². The van der Waals surface area contributed by atoms with Crippen molar-refractivity contribution in [3.8, 4) is 0 Å². The molecule has 0 aromatic carbocycles. The van der Waals surface area contributed by atoms with Crippen LogP contribution in [0.2, 0.25) is 0 Å². The van der Waals surface area contributed by atoms with Crippen LogP contribution in [0.15, 0.2) is 0 Å². The predicted molar refractivity (Wildman–Crippen MR) is 43.1 cm³/mol. The quantitative estimate of drug-likeness (QED) is 0.285. The van der Waals surface area contributed by atoms with Gasteiger partial charge in [-0.3, -0.25) is 4.79 Å². The Balaban J connectivity index is 3.68. The molecule has 70 valence electrons. The maximum Gasteiger partial charge on any atom is 0.424 e. The van der Waals surface area contributed by atoms with E-state index in [4.69, 9.17) is 5.84 Å². The SMILES string of the molecule is CC(C)CN(N)C(=O)OCC=O. The van der Waals surface area contributed by atoms with Gasteiger partial charge < -0.3 is 4.74 Å². The van der Waals surface area contributed by atoms with Gasteiger partial charge in [-0.25, -0.2) is 15.6 Å². The van der Waals surface area contributed by atoms with Gasteiger partial charge in [0.25, 0.3) is 0 Å². The van der Waals surface area contributed by atoms with Gasteiger partial charge in [-0.2, -0.15) is 0 Å². The topological polar surface area (TPSA) is 72.6 Å². The Morgan fingerprint density at radius 1 is 1.67 bits per heavy atom. The lowest BCUT2D eigenvalue weighted by atomic mass is 10.2. The number of amides is 1. The van der Waals surface area contributed by atoms with E-state index < -0.39 is 6.09 Å². The largest absolute Gasteiger partial charge is 0.441 e. The molecule has 5 nitrogen and oxygen atoms in total. The maximum atomic E-state index is 10.9. The molecule has 0 aliphatic carbocycles. The lowest BCUT2D eigenvalue weighted by molar-refractivity contribution is -0.110. The Morgan fingerprint density at radius 2 is 2.25 bits per heavy atom. The standard InChI is InChI=1S/C7H14N2O3/c1-6(2)5-9(8)7(11)12-4-3-10/h3,6H,4-5,8H2,1-2H3. The highest BCUT2D eigenvalue weighted by Crippen LogP contribution is 1.95. The molecule has 1 amide bonds. The zero-order chi connectivity index (χ0) is 9.56. The lowest BCUT2D eigenvalue weighted by Gasteiger charge is -2.17. The number of hydrogen-bond acceptors (Lipinski definition) is 4. The fourth-order valence-corrected chi connectivity index (χ4v) is 0.656. The highest BCUT2D eigenvalue weighted by atomic mass is 16.6. The molecule has 0 saturated carbocycles. The summed E-state index contributed by atoms with van der Waals surface area (Å²) in [6.07, 6.45) is -0.169. The van der Waals surface area contributed by atoms with Gasteiger partial charge in [-0.1, -0.05) is 13.8 Å². The summed E-state index contributed by atoms with van der Waals surface area (Å²) in [6, 6.07) is 0. The molecule has 0 heterocycles. The van der Waals surface area contributed by atoms with Gasteiger partial charge in [0.2, 0.25) is 0 Å². The second-order valence-electron chi connectivity index (χ2n) is 2.79. The smallest absolute Gasteiger partial charge is 0.424 e. The molecule has 0 aromatic heterocycles. The van der Waals surface area contributed by atoms with Crippen LogP contribution in [0.3, 0.4) is 0 Å². The van der Waals surface area contributed by atoms with Crippen molar-refractivity contribution in [3.05, 3.63) is 0 Å². The minimum atomic E-state index is -0.671. The molecule has 12 heavy (non-hydrogen) atoms. The van der Waals surface area contributed by atoms with Crippen molar-refractivity contribution in [2.75, 3.05) is 13.2 Å². The number of aldehydes is 1. The Labute approximate surface area is 71.4 Å². The first-order valence-electron chi connectivity index (χ1n) is 3.70. The first-order chi connectivity index (χ1) is 5.57. The number of hydrazine groups is 1. The molecule has 0 spiro atoms. The third-order valence-corrected chi connectivity index (χ3v) is 1.07. The highest BCUT2D eigenvalue weighted by molar-refractivity contribution is 5.69. The van der Waals surface area contributed by atoms with Crippen LogP contribution in [-0.4, -0.2) is 30.5 Å². The van der Waals surface area contributed by atoms with E-state index >= 15 is 0 Å². The summed E-state index contributed by atoms with van der Waals surface area (Å²) < 4.78 is 4.45. The van der Waals surface area contributed by atoms with Crippen molar-refractivity contribution in [3.63, 3.8) is 0 Å². The minimum Gasteiger partial charge on any atom is -0.441 e. The van der Waals surface area contributed by atoms with Gasteiger partial charge in [0.15, 0.2) is 6.29 Å². The summed E-state index contributed by atoms with van der Waals surface area (Å²) in [5.41, 5.74) is 0. The third kappa shape index (κ3) is 4.68. The van der Waals surface area contributed by atoms with E-state index in [1.807, 2.05) is 13.8 Å². The second kappa shape index (κ2) is 5.54. The summed E-state index contributed by atoms with van der Waals surface area (Å²) in [7, 11) is 0. The molecule has 0 atom stereocenters. The molecule has 0 radical (unpaired) electrons. The fraction of sp³-hybridized carbons (Fsp3) is 0.714. The van der Waals surface area contributed by atoms with Crippen molar-refractivity contribution in [1.82, 2.24) is 5.01 Å². The molecule has 0 aromatic rings. The summed E-state index contributed by atoms with van der Waals surface area (Å²) in [4.78, 5) is 20.7. The maximum absolute atomic E-state index is 10.9. The lowest BCUT2D eigenvalue weighted by Crippen LogP contribution is -2.40. The number of hydrogen-bond donors (Lipinski definition) is 1. The van der Waals surface area contributed by atoms with Crippen LogP contribution in [0.5, 0.6) is 0 Å². The van der Waals surface area contributed by atoms with Gasteiger partial charge >= 0.3 is 6.09 Å². The first kappa shape index (κ1) is 10.9.